The molecule has 0 saturated heterocycles. The standard InChI is InChI=1S/C15H13NO4.C8H8O2.C7H6BrNO2/c1-11(17)14-4-2-3-5-15(14)20-10-12-6-8-13(9-7-12)16(18)19;1-6(9)7-4-2-3-5-8(7)10;8-5-6-1-3-7(4-2-6)9(10)11/h2-9H,10H2,1H3;2-5,10H,1H3;1-4H,5H2. The van der Waals surface area contributed by atoms with E-state index in [2.05, 4.69) is 15.9 Å². The summed E-state index contributed by atoms with van der Waals surface area (Å²) in [6, 6.07) is 26.1. The Morgan fingerprint density at radius 1 is 0.707 bits per heavy atom. The number of hydrogen-bond acceptors (Lipinski definition) is 8. The number of Topliss-reactive ketones (excluding diaryl/α,β-unsaturated/α-hetero) is 2. The fourth-order valence-corrected chi connectivity index (χ4v) is 3.61. The van der Waals surface area contributed by atoms with Gasteiger partial charge in [-0.05, 0) is 61.4 Å². The third kappa shape index (κ3) is 10.6. The number of phenolic OH excluding ortho intramolecular Hbond substituents is 1. The summed E-state index contributed by atoms with van der Waals surface area (Å²) in [5.74, 6) is 0.385. The summed E-state index contributed by atoms with van der Waals surface area (Å²) in [6.45, 7) is 3.16. The van der Waals surface area contributed by atoms with Crippen LogP contribution in [-0.4, -0.2) is 26.5 Å². The van der Waals surface area contributed by atoms with Crippen LogP contribution in [0.15, 0.2) is 97.1 Å². The SMILES string of the molecule is CC(=O)c1ccccc1O.CC(=O)c1ccccc1OCc1ccc([N+](=O)[O-])cc1.O=[N+]([O-])c1ccc(CBr)cc1. The lowest BCUT2D eigenvalue weighted by Crippen LogP contribution is -2.01. The first kappa shape index (κ1) is 32.3. The lowest BCUT2D eigenvalue weighted by atomic mass is 10.1. The molecule has 0 bridgehead atoms. The van der Waals surface area contributed by atoms with E-state index in [-0.39, 0.29) is 35.3 Å². The Balaban J connectivity index is 0.000000236. The molecule has 0 radical (unpaired) electrons. The highest BCUT2D eigenvalue weighted by atomic mass is 79.9. The van der Waals surface area contributed by atoms with Crippen LogP contribution >= 0.6 is 15.9 Å². The van der Waals surface area contributed by atoms with Crippen LogP contribution in [0.2, 0.25) is 0 Å². The number of ketones is 2. The molecule has 0 aromatic heterocycles. The van der Waals surface area contributed by atoms with Crippen molar-refractivity contribution in [1.29, 1.82) is 0 Å². The monoisotopic (exact) mass is 622 g/mol. The Kier molecular flexibility index (Phi) is 12.8. The van der Waals surface area contributed by atoms with E-state index >= 15 is 0 Å². The van der Waals surface area contributed by atoms with Gasteiger partial charge in [0, 0.05) is 29.6 Å². The zero-order chi connectivity index (χ0) is 30.4. The van der Waals surface area contributed by atoms with Crippen molar-refractivity contribution in [2.45, 2.75) is 25.8 Å². The number of phenols is 1. The summed E-state index contributed by atoms with van der Waals surface area (Å²) < 4.78 is 5.59. The number of nitro groups is 2. The van der Waals surface area contributed by atoms with Crippen LogP contribution < -0.4 is 4.74 Å². The quantitative estimate of drug-likeness (QED) is 0.0920. The molecule has 0 atom stereocenters. The number of ether oxygens (including phenoxy) is 1. The Hall–Kier alpha value is -4.90. The summed E-state index contributed by atoms with van der Waals surface area (Å²) >= 11 is 3.25. The molecule has 1 N–H and O–H groups in total. The molecule has 0 unspecified atom stereocenters. The van der Waals surface area contributed by atoms with Crippen molar-refractivity contribution >= 4 is 38.9 Å². The summed E-state index contributed by atoms with van der Waals surface area (Å²) in [4.78, 5) is 42.0. The van der Waals surface area contributed by atoms with Gasteiger partial charge in [-0.2, -0.15) is 0 Å². The minimum Gasteiger partial charge on any atom is -0.507 e. The normalized spacial score (nSPS) is 9.73. The molecule has 41 heavy (non-hydrogen) atoms. The fourth-order valence-electron chi connectivity index (χ4n) is 3.24. The van der Waals surface area contributed by atoms with Gasteiger partial charge in [-0.25, -0.2) is 0 Å². The van der Waals surface area contributed by atoms with Crippen LogP contribution in [0.4, 0.5) is 11.4 Å². The van der Waals surface area contributed by atoms with Crippen LogP contribution in [0.5, 0.6) is 11.5 Å². The number of para-hydroxylation sites is 2. The van der Waals surface area contributed by atoms with E-state index in [1.54, 1.807) is 66.7 Å². The molecule has 4 aromatic rings. The predicted molar refractivity (Wildman–Crippen MR) is 158 cm³/mol. The topological polar surface area (TPSA) is 150 Å². The maximum Gasteiger partial charge on any atom is 0.269 e. The third-order valence-electron chi connectivity index (χ3n) is 5.39. The number of nitrogens with zero attached hydrogens (tertiary/aromatic N) is 2. The van der Waals surface area contributed by atoms with Gasteiger partial charge >= 0.3 is 0 Å². The molecule has 0 aliphatic rings. The van der Waals surface area contributed by atoms with Gasteiger partial charge in [-0.3, -0.25) is 29.8 Å². The number of alkyl halides is 1. The highest BCUT2D eigenvalue weighted by molar-refractivity contribution is 9.08. The first-order valence-corrected chi connectivity index (χ1v) is 13.2. The number of hydrogen-bond donors (Lipinski definition) is 1. The number of aromatic hydroxyl groups is 1. The molecule has 0 aliphatic carbocycles. The van der Waals surface area contributed by atoms with E-state index in [9.17, 15) is 29.8 Å². The van der Waals surface area contributed by atoms with Crippen molar-refractivity contribution in [1.82, 2.24) is 0 Å². The van der Waals surface area contributed by atoms with E-state index in [1.165, 1.54) is 44.2 Å². The third-order valence-corrected chi connectivity index (χ3v) is 6.04. The summed E-state index contributed by atoms with van der Waals surface area (Å²) in [5, 5.41) is 30.5. The molecule has 0 aliphatic heterocycles. The number of benzene rings is 4. The van der Waals surface area contributed by atoms with Crippen molar-refractivity contribution in [2.24, 2.45) is 0 Å². The molecule has 0 fully saturated rings. The maximum absolute atomic E-state index is 11.4. The average Bonchev–Trinajstić information content (AvgIpc) is 2.97. The number of nitro benzene ring substituents is 2. The minimum absolute atomic E-state index is 0.0397. The Morgan fingerprint density at radius 3 is 1.56 bits per heavy atom. The van der Waals surface area contributed by atoms with Gasteiger partial charge in [0.05, 0.1) is 21.0 Å². The molecule has 4 aromatic carbocycles. The molecule has 4 rings (SSSR count). The van der Waals surface area contributed by atoms with Crippen LogP contribution in [0.3, 0.4) is 0 Å². The number of rotatable bonds is 8. The highest BCUT2D eigenvalue weighted by Gasteiger charge is 2.09. The lowest BCUT2D eigenvalue weighted by molar-refractivity contribution is -0.385. The van der Waals surface area contributed by atoms with Crippen molar-refractivity contribution in [3.63, 3.8) is 0 Å². The van der Waals surface area contributed by atoms with E-state index in [0.29, 0.717) is 16.9 Å². The number of carbonyl (C=O) groups is 2. The van der Waals surface area contributed by atoms with Crippen molar-refractivity contribution in [3.8, 4) is 11.5 Å². The fraction of sp³-hybridized carbons (Fsp3) is 0.133. The largest absolute Gasteiger partial charge is 0.507 e. The van der Waals surface area contributed by atoms with E-state index in [1.807, 2.05) is 0 Å². The highest BCUT2D eigenvalue weighted by Crippen LogP contribution is 2.21. The zero-order valence-electron chi connectivity index (χ0n) is 22.2. The van der Waals surface area contributed by atoms with E-state index in [0.717, 1.165) is 16.5 Å². The van der Waals surface area contributed by atoms with Crippen LogP contribution in [0.25, 0.3) is 0 Å². The average molecular weight is 623 g/mol. The smallest absolute Gasteiger partial charge is 0.269 e. The van der Waals surface area contributed by atoms with Crippen LogP contribution in [0, 0.1) is 20.2 Å². The summed E-state index contributed by atoms with van der Waals surface area (Å²) in [5.41, 5.74) is 2.91. The molecular weight excluding hydrogens is 596 g/mol. The first-order valence-electron chi connectivity index (χ1n) is 12.1. The zero-order valence-corrected chi connectivity index (χ0v) is 23.8. The summed E-state index contributed by atoms with van der Waals surface area (Å²) in [7, 11) is 0. The second-order valence-corrected chi connectivity index (χ2v) is 8.96. The van der Waals surface area contributed by atoms with Gasteiger partial charge in [0.1, 0.15) is 18.1 Å². The van der Waals surface area contributed by atoms with E-state index in [4.69, 9.17) is 9.84 Å². The Bertz CT molecular complexity index is 1490. The van der Waals surface area contributed by atoms with Gasteiger partial charge < -0.3 is 9.84 Å². The molecule has 0 saturated carbocycles. The minimum atomic E-state index is -0.449. The lowest BCUT2D eigenvalue weighted by Gasteiger charge is -2.09. The van der Waals surface area contributed by atoms with Gasteiger partial charge in [-0.1, -0.05) is 52.3 Å². The molecule has 0 heterocycles. The van der Waals surface area contributed by atoms with E-state index < -0.39 is 9.85 Å². The van der Waals surface area contributed by atoms with Crippen molar-refractivity contribution in [2.75, 3.05) is 0 Å². The second kappa shape index (κ2) is 16.3. The van der Waals surface area contributed by atoms with Crippen LogP contribution in [-0.2, 0) is 11.9 Å². The van der Waals surface area contributed by atoms with Gasteiger partial charge in [0.2, 0.25) is 0 Å². The Morgan fingerprint density at radius 2 is 1.15 bits per heavy atom. The summed E-state index contributed by atoms with van der Waals surface area (Å²) in [6.07, 6.45) is 0. The second-order valence-electron chi connectivity index (χ2n) is 8.40. The number of non-ortho nitro benzene ring substituents is 2. The molecule has 0 spiro atoms. The van der Waals surface area contributed by atoms with Gasteiger partial charge in [0.25, 0.3) is 11.4 Å². The predicted octanol–water partition coefficient (Wildman–Crippen LogP) is 7.46. The Labute approximate surface area is 244 Å². The molecule has 0 amide bonds. The van der Waals surface area contributed by atoms with Crippen LogP contribution in [0.1, 0.15) is 45.7 Å². The van der Waals surface area contributed by atoms with Crippen molar-refractivity contribution < 1.29 is 29.3 Å². The molecule has 212 valence electrons. The molecular formula is C30H27BrN2O8. The number of halogens is 1. The first-order chi connectivity index (χ1) is 19.5. The number of carbonyl (C=O) groups excluding carboxylic acids is 2. The molecule has 10 nitrogen and oxygen atoms in total. The van der Waals surface area contributed by atoms with Gasteiger partial charge in [-0.15, -0.1) is 0 Å². The van der Waals surface area contributed by atoms with Gasteiger partial charge in [0.15, 0.2) is 11.6 Å². The van der Waals surface area contributed by atoms with Crippen molar-refractivity contribution in [3.05, 3.63) is 140 Å². The molecule has 11 heteroatoms. The maximum atomic E-state index is 11.4.